The summed E-state index contributed by atoms with van der Waals surface area (Å²) in [6.45, 7) is 3.99. The van der Waals surface area contributed by atoms with Gasteiger partial charge < -0.3 is 20.4 Å². The second-order valence-electron chi connectivity index (χ2n) is 6.71. The Morgan fingerprint density at radius 1 is 1.10 bits per heavy atom. The van der Waals surface area contributed by atoms with E-state index in [0.717, 1.165) is 5.56 Å². The number of carbonyl (C=O) groups is 2. The zero-order valence-electron chi connectivity index (χ0n) is 16.8. The quantitative estimate of drug-likeness (QED) is 0.534. The second kappa shape index (κ2) is 9.69. The van der Waals surface area contributed by atoms with Gasteiger partial charge >= 0.3 is 6.03 Å². The van der Waals surface area contributed by atoms with E-state index >= 15 is 0 Å². The molecule has 0 aliphatic rings. The fourth-order valence-corrected chi connectivity index (χ4v) is 2.70. The fraction of sp³-hybridized carbons (Fsp3) is 0.227. The molecule has 0 spiro atoms. The molecular weight excluding hydrogens is 387 g/mol. The van der Waals surface area contributed by atoms with Gasteiger partial charge in [-0.1, -0.05) is 13.0 Å². The van der Waals surface area contributed by atoms with Crippen LogP contribution in [0.5, 0.6) is 0 Å². The fourth-order valence-electron chi connectivity index (χ4n) is 2.70. The molecule has 0 radical (unpaired) electrons. The molecular formula is C22H23FN4O3. The summed E-state index contributed by atoms with van der Waals surface area (Å²) in [4.78, 5) is 28.1. The number of rotatable bonds is 7. The maximum Gasteiger partial charge on any atom is 0.319 e. The Labute approximate surface area is 173 Å². The van der Waals surface area contributed by atoms with Crippen LogP contribution in [0.1, 0.15) is 24.6 Å². The third-order valence-corrected chi connectivity index (χ3v) is 4.40. The predicted molar refractivity (Wildman–Crippen MR) is 113 cm³/mol. The van der Waals surface area contributed by atoms with Crippen LogP contribution in [0.3, 0.4) is 0 Å². The van der Waals surface area contributed by atoms with Crippen LogP contribution >= 0.6 is 0 Å². The number of hydrogen-bond donors (Lipinski definition) is 3. The lowest BCUT2D eigenvalue weighted by atomic mass is 10.2. The lowest BCUT2D eigenvalue weighted by molar-refractivity contribution is -0.115. The van der Waals surface area contributed by atoms with Gasteiger partial charge in [0.1, 0.15) is 12.1 Å². The Kier molecular flexibility index (Phi) is 6.79. The van der Waals surface area contributed by atoms with E-state index in [1.54, 1.807) is 31.2 Å². The number of halogens is 1. The van der Waals surface area contributed by atoms with Crippen molar-refractivity contribution >= 4 is 23.3 Å². The van der Waals surface area contributed by atoms with E-state index in [4.69, 9.17) is 4.42 Å². The number of urea groups is 1. The van der Waals surface area contributed by atoms with Crippen LogP contribution < -0.4 is 16.0 Å². The van der Waals surface area contributed by atoms with Crippen molar-refractivity contribution in [3.05, 3.63) is 65.8 Å². The summed E-state index contributed by atoms with van der Waals surface area (Å²) in [5.41, 5.74) is 3.47. The average molecular weight is 410 g/mol. The lowest BCUT2D eigenvalue weighted by Crippen LogP contribution is -2.30. The van der Waals surface area contributed by atoms with Gasteiger partial charge in [0.2, 0.25) is 11.8 Å². The van der Waals surface area contributed by atoms with Gasteiger partial charge in [0.25, 0.3) is 0 Å². The van der Waals surface area contributed by atoms with Crippen LogP contribution in [0.4, 0.5) is 20.6 Å². The summed E-state index contributed by atoms with van der Waals surface area (Å²) in [6.07, 6.45) is 2.37. The maximum absolute atomic E-state index is 13.0. The van der Waals surface area contributed by atoms with Crippen molar-refractivity contribution in [3.8, 4) is 11.5 Å². The number of nitrogens with zero attached hydrogens (tertiary/aromatic N) is 1. The number of anilines is 2. The van der Waals surface area contributed by atoms with Crippen molar-refractivity contribution in [2.24, 2.45) is 0 Å². The largest absolute Gasteiger partial charge is 0.444 e. The van der Waals surface area contributed by atoms with Gasteiger partial charge in [0.05, 0.1) is 5.69 Å². The third kappa shape index (κ3) is 5.66. The standard InChI is InChI=1S/C22H23FN4O3/c1-3-20(28)25-17-9-4-14(2)19(12-17)27-22(29)24-11-10-18-13-30-21(26-18)15-5-7-16(23)8-6-15/h4-9,12-13H,3,10-11H2,1-2H3,(H,25,28)(H2,24,27,29). The van der Waals surface area contributed by atoms with Gasteiger partial charge in [0, 0.05) is 36.3 Å². The van der Waals surface area contributed by atoms with Gasteiger partial charge in [0.15, 0.2) is 0 Å². The highest BCUT2D eigenvalue weighted by Gasteiger charge is 2.09. The molecule has 0 saturated heterocycles. The number of oxazole rings is 1. The molecule has 8 heteroatoms. The first-order chi connectivity index (χ1) is 14.4. The molecule has 0 saturated carbocycles. The third-order valence-electron chi connectivity index (χ3n) is 4.40. The Morgan fingerprint density at radius 3 is 2.60 bits per heavy atom. The van der Waals surface area contributed by atoms with E-state index in [1.165, 1.54) is 18.4 Å². The number of hydrogen-bond acceptors (Lipinski definition) is 4. The molecule has 3 N–H and O–H groups in total. The summed E-state index contributed by atoms with van der Waals surface area (Å²) >= 11 is 0. The summed E-state index contributed by atoms with van der Waals surface area (Å²) in [5.74, 6) is -0.0212. The predicted octanol–water partition coefficient (Wildman–Crippen LogP) is 4.50. The van der Waals surface area contributed by atoms with Crippen molar-refractivity contribution in [3.63, 3.8) is 0 Å². The minimum atomic E-state index is -0.362. The SMILES string of the molecule is CCC(=O)Nc1ccc(C)c(NC(=O)NCCc2coc(-c3ccc(F)cc3)n2)c1. The topological polar surface area (TPSA) is 96.3 Å². The molecule has 30 heavy (non-hydrogen) atoms. The van der Waals surface area contributed by atoms with Crippen molar-refractivity contribution in [1.29, 1.82) is 0 Å². The van der Waals surface area contributed by atoms with E-state index < -0.39 is 0 Å². The van der Waals surface area contributed by atoms with E-state index in [9.17, 15) is 14.0 Å². The highest BCUT2D eigenvalue weighted by Crippen LogP contribution is 2.21. The van der Waals surface area contributed by atoms with Crippen LogP contribution in [-0.4, -0.2) is 23.5 Å². The van der Waals surface area contributed by atoms with Gasteiger partial charge in [-0.05, 0) is 48.9 Å². The highest BCUT2D eigenvalue weighted by atomic mass is 19.1. The summed E-state index contributed by atoms with van der Waals surface area (Å²) in [5, 5.41) is 8.32. The first-order valence-electron chi connectivity index (χ1n) is 9.60. The van der Waals surface area contributed by atoms with Gasteiger partial charge in [-0.15, -0.1) is 0 Å². The number of nitrogens with one attached hydrogen (secondary N) is 3. The Bertz CT molecular complexity index is 1030. The summed E-state index contributed by atoms with van der Waals surface area (Å²) < 4.78 is 18.4. The summed E-state index contributed by atoms with van der Waals surface area (Å²) in [7, 11) is 0. The molecule has 0 bridgehead atoms. The van der Waals surface area contributed by atoms with Crippen LogP contribution in [0.15, 0.2) is 53.1 Å². The van der Waals surface area contributed by atoms with E-state index in [2.05, 4.69) is 20.9 Å². The first-order valence-corrected chi connectivity index (χ1v) is 9.60. The zero-order valence-corrected chi connectivity index (χ0v) is 16.8. The number of amides is 3. The molecule has 156 valence electrons. The Hall–Kier alpha value is -3.68. The Balaban J connectivity index is 1.51. The van der Waals surface area contributed by atoms with Crippen molar-refractivity contribution in [2.45, 2.75) is 26.7 Å². The minimum Gasteiger partial charge on any atom is -0.444 e. The number of aryl methyl sites for hydroxylation is 1. The van der Waals surface area contributed by atoms with Crippen molar-refractivity contribution in [2.75, 3.05) is 17.2 Å². The van der Waals surface area contributed by atoms with Crippen LogP contribution in [0.2, 0.25) is 0 Å². The molecule has 0 atom stereocenters. The molecule has 3 aromatic rings. The molecule has 2 aromatic carbocycles. The molecule has 1 heterocycles. The summed E-state index contributed by atoms with van der Waals surface area (Å²) in [6, 6.07) is 10.8. The second-order valence-corrected chi connectivity index (χ2v) is 6.71. The Morgan fingerprint density at radius 2 is 1.87 bits per heavy atom. The molecule has 0 aliphatic carbocycles. The van der Waals surface area contributed by atoms with Gasteiger partial charge in [-0.2, -0.15) is 0 Å². The van der Waals surface area contributed by atoms with Crippen LogP contribution in [-0.2, 0) is 11.2 Å². The molecule has 7 nitrogen and oxygen atoms in total. The molecule has 3 amide bonds. The first kappa shape index (κ1) is 21.0. The van der Waals surface area contributed by atoms with Gasteiger partial charge in [-0.3, -0.25) is 4.79 Å². The van der Waals surface area contributed by atoms with Crippen LogP contribution in [0, 0.1) is 12.7 Å². The monoisotopic (exact) mass is 410 g/mol. The lowest BCUT2D eigenvalue weighted by Gasteiger charge is -2.12. The highest BCUT2D eigenvalue weighted by molar-refractivity contribution is 5.94. The van der Waals surface area contributed by atoms with Crippen molar-refractivity contribution in [1.82, 2.24) is 10.3 Å². The molecule has 0 fully saturated rings. The van der Waals surface area contributed by atoms with Gasteiger partial charge in [-0.25, -0.2) is 14.2 Å². The van der Waals surface area contributed by atoms with Crippen LogP contribution in [0.25, 0.3) is 11.5 Å². The smallest absolute Gasteiger partial charge is 0.319 e. The molecule has 3 rings (SSSR count). The van der Waals surface area contributed by atoms with E-state index in [1.807, 2.05) is 13.0 Å². The molecule has 0 unspecified atom stereocenters. The minimum absolute atomic E-state index is 0.0955. The molecule has 1 aromatic heterocycles. The zero-order chi connectivity index (χ0) is 21.5. The number of aromatic nitrogens is 1. The number of benzene rings is 2. The number of carbonyl (C=O) groups excluding carboxylic acids is 2. The molecule has 0 aliphatic heterocycles. The average Bonchev–Trinajstić information content (AvgIpc) is 3.20. The normalized spacial score (nSPS) is 10.5. The maximum atomic E-state index is 13.0. The van der Waals surface area contributed by atoms with E-state index in [-0.39, 0.29) is 17.8 Å². The van der Waals surface area contributed by atoms with Crippen molar-refractivity contribution < 1.29 is 18.4 Å². The van der Waals surface area contributed by atoms with E-state index in [0.29, 0.717) is 47.9 Å².